The lowest BCUT2D eigenvalue weighted by Crippen LogP contribution is -2.27. The van der Waals surface area contributed by atoms with Crippen LogP contribution < -0.4 is 0 Å². The number of hydrogen-bond donors (Lipinski definition) is 2. The molecule has 2 N–H and O–H groups in total. The summed E-state index contributed by atoms with van der Waals surface area (Å²) in [6, 6.07) is 11.9. The van der Waals surface area contributed by atoms with Crippen LogP contribution >= 0.6 is 31.9 Å². The Hall–Kier alpha value is -1.66. The van der Waals surface area contributed by atoms with E-state index in [1.54, 1.807) is 0 Å². The van der Waals surface area contributed by atoms with Gasteiger partial charge < -0.3 is 10.2 Å². The molecule has 6 heteroatoms. The Balaban J connectivity index is 2.23. The van der Waals surface area contributed by atoms with Crippen molar-refractivity contribution in [1.82, 2.24) is 0 Å². The van der Waals surface area contributed by atoms with E-state index in [0.29, 0.717) is 12.8 Å². The summed E-state index contributed by atoms with van der Waals surface area (Å²) in [4.78, 5) is 22.5. The first kappa shape index (κ1) is 18.1. The van der Waals surface area contributed by atoms with Crippen LogP contribution in [0.5, 0.6) is 0 Å². The number of hydrogen-bond acceptors (Lipinski definition) is 2. The summed E-state index contributed by atoms with van der Waals surface area (Å²) >= 11 is 6.99. The Kier molecular flexibility index (Phi) is 5.02. The van der Waals surface area contributed by atoms with Gasteiger partial charge in [-0.2, -0.15) is 0 Å². The van der Waals surface area contributed by atoms with Crippen molar-refractivity contribution in [1.29, 1.82) is 0 Å². The predicted molar refractivity (Wildman–Crippen MR) is 102 cm³/mol. The molecule has 2 aromatic rings. The number of fused-ring (bicyclic) bond motifs is 3. The van der Waals surface area contributed by atoms with E-state index in [9.17, 15) is 19.8 Å². The average Bonchev–Trinajstić information content (AvgIpc) is 2.80. The van der Waals surface area contributed by atoms with Gasteiger partial charge in [0.05, 0.1) is 0 Å². The Morgan fingerprint density at radius 3 is 1.56 bits per heavy atom. The van der Waals surface area contributed by atoms with Gasteiger partial charge in [-0.25, -0.2) is 0 Å². The third-order valence-electron chi connectivity index (χ3n) is 4.82. The molecule has 0 radical (unpaired) electrons. The number of carboxylic acids is 2. The molecule has 0 bridgehead atoms. The van der Waals surface area contributed by atoms with Crippen molar-refractivity contribution in [2.75, 3.05) is 0 Å². The summed E-state index contributed by atoms with van der Waals surface area (Å²) in [5, 5.41) is 18.5. The van der Waals surface area contributed by atoms with E-state index in [2.05, 4.69) is 31.9 Å². The number of rotatable bonds is 6. The van der Waals surface area contributed by atoms with E-state index in [1.165, 1.54) is 0 Å². The molecule has 0 amide bonds. The highest BCUT2D eigenvalue weighted by Gasteiger charge is 2.43. The monoisotopic (exact) mass is 466 g/mol. The van der Waals surface area contributed by atoms with Gasteiger partial charge in [-0.15, -0.1) is 0 Å². The molecule has 0 heterocycles. The number of aliphatic carboxylic acids is 2. The van der Waals surface area contributed by atoms with Crippen molar-refractivity contribution in [3.05, 3.63) is 56.5 Å². The van der Waals surface area contributed by atoms with Crippen LogP contribution in [0.3, 0.4) is 0 Å². The molecule has 0 aliphatic heterocycles. The molecule has 130 valence electrons. The summed E-state index contributed by atoms with van der Waals surface area (Å²) in [6.07, 6.45) is 0.695. The largest absolute Gasteiger partial charge is 0.481 e. The van der Waals surface area contributed by atoms with Crippen molar-refractivity contribution >= 4 is 43.8 Å². The van der Waals surface area contributed by atoms with Crippen molar-refractivity contribution in [3.8, 4) is 11.1 Å². The third kappa shape index (κ3) is 3.37. The summed E-state index contributed by atoms with van der Waals surface area (Å²) in [5.41, 5.74) is 3.47. The first-order valence-electron chi connectivity index (χ1n) is 7.87. The Morgan fingerprint density at radius 2 is 1.20 bits per heavy atom. The topological polar surface area (TPSA) is 74.6 Å². The van der Waals surface area contributed by atoms with Crippen molar-refractivity contribution in [2.45, 2.75) is 31.1 Å². The van der Waals surface area contributed by atoms with Crippen LogP contribution in [-0.4, -0.2) is 22.2 Å². The second-order valence-electron chi connectivity index (χ2n) is 6.25. The fraction of sp³-hybridized carbons (Fsp3) is 0.263. The molecule has 0 unspecified atom stereocenters. The van der Waals surface area contributed by atoms with Crippen LogP contribution in [0.25, 0.3) is 11.1 Å². The molecule has 4 nitrogen and oxygen atoms in total. The van der Waals surface area contributed by atoms with Crippen LogP contribution in [0.4, 0.5) is 0 Å². The van der Waals surface area contributed by atoms with Gasteiger partial charge in [-0.05, 0) is 59.4 Å². The SMILES string of the molecule is O=C(O)CCC1(CCC(=O)O)c2cc(Br)ccc2-c2ccc(Br)cc21. The third-order valence-corrected chi connectivity index (χ3v) is 5.80. The second-order valence-corrected chi connectivity index (χ2v) is 8.08. The summed E-state index contributed by atoms with van der Waals surface area (Å²) < 4.78 is 1.79. The second kappa shape index (κ2) is 6.92. The smallest absolute Gasteiger partial charge is 0.303 e. The van der Waals surface area contributed by atoms with Gasteiger partial charge in [0.25, 0.3) is 0 Å². The molecule has 25 heavy (non-hydrogen) atoms. The zero-order chi connectivity index (χ0) is 18.2. The molecule has 0 fully saturated rings. The molecule has 2 aromatic carbocycles. The van der Waals surface area contributed by atoms with Crippen LogP contribution in [0.2, 0.25) is 0 Å². The first-order chi connectivity index (χ1) is 11.8. The van der Waals surface area contributed by atoms with Gasteiger partial charge in [0.1, 0.15) is 0 Å². The lowest BCUT2D eigenvalue weighted by atomic mass is 9.71. The Labute approximate surface area is 162 Å². The highest BCUT2D eigenvalue weighted by molar-refractivity contribution is 9.10. The van der Waals surface area contributed by atoms with E-state index < -0.39 is 17.4 Å². The van der Waals surface area contributed by atoms with Gasteiger partial charge >= 0.3 is 11.9 Å². The van der Waals surface area contributed by atoms with Crippen LogP contribution in [-0.2, 0) is 15.0 Å². The van der Waals surface area contributed by atoms with Gasteiger partial charge in [-0.1, -0.05) is 44.0 Å². The minimum absolute atomic E-state index is 0.0163. The van der Waals surface area contributed by atoms with E-state index in [4.69, 9.17) is 0 Å². The maximum Gasteiger partial charge on any atom is 0.303 e. The predicted octanol–water partition coefficient (Wildman–Crippen LogP) is 5.21. The summed E-state index contributed by atoms with van der Waals surface area (Å²) in [7, 11) is 0. The number of halogens is 2. The first-order valence-corrected chi connectivity index (χ1v) is 9.46. The van der Waals surface area contributed by atoms with Crippen molar-refractivity contribution in [3.63, 3.8) is 0 Å². The Morgan fingerprint density at radius 1 is 0.800 bits per heavy atom. The molecule has 0 aromatic heterocycles. The van der Waals surface area contributed by atoms with Crippen LogP contribution in [0.15, 0.2) is 45.3 Å². The van der Waals surface area contributed by atoms with Gasteiger partial charge in [0, 0.05) is 27.2 Å². The van der Waals surface area contributed by atoms with E-state index in [1.807, 2.05) is 36.4 Å². The summed E-state index contributed by atoms with van der Waals surface area (Å²) in [5.74, 6) is -1.76. The van der Waals surface area contributed by atoms with Crippen LogP contribution in [0.1, 0.15) is 36.8 Å². The lowest BCUT2D eigenvalue weighted by molar-refractivity contribution is -0.137. The van der Waals surface area contributed by atoms with Gasteiger partial charge in [0.2, 0.25) is 0 Å². The molecule has 0 spiro atoms. The van der Waals surface area contributed by atoms with E-state index >= 15 is 0 Å². The quantitative estimate of drug-likeness (QED) is 0.611. The van der Waals surface area contributed by atoms with Crippen molar-refractivity contribution in [2.24, 2.45) is 0 Å². The summed E-state index contributed by atoms with van der Waals surface area (Å²) in [6.45, 7) is 0. The number of carboxylic acid groups (broad SMARTS) is 2. The standard InChI is InChI=1S/C19H16Br2O4/c20-11-1-3-13-14-4-2-12(21)10-16(14)19(15(13)9-11,7-5-17(22)23)8-6-18(24)25/h1-4,9-10H,5-8H2,(H,22,23)(H,24,25). The zero-order valence-electron chi connectivity index (χ0n) is 13.3. The van der Waals surface area contributed by atoms with E-state index in [-0.39, 0.29) is 12.8 Å². The maximum absolute atomic E-state index is 11.3. The highest BCUT2D eigenvalue weighted by atomic mass is 79.9. The zero-order valence-corrected chi connectivity index (χ0v) is 16.4. The molecule has 1 aliphatic carbocycles. The van der Waals surface area contributed by atoms with Gasteiger partial charge in [-0.3, -0.25) is 9.59 Å². The van der Waals surface area contributed by atoms with E-state index in [0.717, 1.165) is 31.2 Å². The molecule has 0 atom stereocenters. The fourth-order valence-corrected chi connectivity index (χ4v) is 4.47. The molecule has 0 saturated heterocycles. The Bertz CT molecular complexity index is 789. The normalized spacial score (nSPS) is 14.0. The molecule has 3 rings (SSSR count). The lowest BCUT2D eigenvalue weighted by Gasteiger charge is -2.31. The number of benzene rings is 2. The van der Waals surface area contributed by atoms with Gasteiger partial charge in [0.15, 0.2) is 0 Å². The average molecular weight is 468 g/mol. The molecule has 0 saturated carbocycles. The maximum atomic E-state index is 11.3. The minimum atomic E-state index is -0.880. The highest BCUT2D eigenvalue weighted by Crippen LogP contribution is 2.54. The molecular weight excluding hydrogens is 452 g/mol. The minimum Gasteiger partial charge on any atom is -0.481 e. The van der Waals surface area contributed by atoms with Crippen molar-refractivity contribution < 1.29 is 19.8 Å². The molecular formula is C19H16Br2O4. The van der Waals surface area contributed by atoms with Crippen LogP contribution in [0, 0.1) is 0 Å². The fourth-order valence-electron chi connectivity index (χ4n) is 3.74. The molecule has 1 aliphatic rings. The number of carbonyl (C=O) groups is 2.